The molecule has 1 saturated carbocycles. The summed E-state index contributed by atoms with van der Waals surface area (Å²) in [6.45, 7) is 0. The van der Waals surface area contributed by atoms with Gasteiger partial charge in [0.2, 0.25) is 0 Å². The van der Waals surface area contributed by atoms with Gasteiger partial charge >= 0.3 is 11.8 Å². The SMILES string of the molecule is COC(=O)[C@@](F)(c1ccccc1)N(C)C(=O)C1(N2C(=O)c3ccccc3C2=O)CCCC1. The van der Waals surface area contributed by atoms with Crippen LogP contribution in [-0.2, 0) is 20.1 Å². The standard InChI is InChI=1S/C24H23FN2O5/c1-26(24(25,22(31)32-2)16-10-4-3-5-11-16)21(30)23(14-8-9-15-23)27-19(28)17-12-6-7-13-18(17)20(27)29/h3-7,10-13H,8-9,14-15H2,1-2H3/t24-/m1/s1. The molecule has 2 aromatic carbocycles. The number of halogens is 1. The minimum absolute atomic E-state index is 0.0850. The maximum absolute atomic E-state index is 16.4. The summed E-state index contributed by atoms with van der Waals surface area (Å²) in [7, 11) is 2.19. The number of imide groups is 1. The van der Waals surface area contributed by atoms with Crippen LogP contribution in [0.2, 0.25) is 0 Å². The summed E-state index contributed by atoms with van der Waals surface area (Å²) in [5.74, 6) is -6.19. The van der Waals surface area contributed by atoms with Crippen LogP contribution in [0.1, 0.15) is 52.0 Å². The van der Waals surface area contributed by atoms with Crippen molar-refractivity contribution in [3.05, 3.63) is 71.3 Å². The Hall–Kier alpha value is -3.55. The summed E-state index contributed by atoms with van der Waals surface area (Å²) in [5, 5.41) is 0. The average Bonchev–Trinajstić information content (AvgIpc) is 3.41. The van der Waals surface area contributed by atoms with Gasteiger partial charge in [-0.3, -0.25) is 24.2 Å². The van der Waals surface area contributed by atoms with Crippen LogP contribution < -0.4 is 0 Å². The number of amides is 3. The monoisotopic (exact) mass is 438 g/mol. The van der Waals surface area contributed by atoms with E-state index in [1.54, 1.807) is 30.3 Å². The molecule has 1 aliphatic heterocycles. The van der Waals surface area contributed by atoms with E-state index in [-0.39, 0.29) is 29.5 Å². The number of likely N-dealkylation sites (N-methyl/N-ethyl adjacent to an activating group) is 1. The zero-order valence-electron chi connectivity index (χ0n) is 17.8. The highest BCUT2D eigenvalue weighted by molar-refractivity contribution is 6.23. The number of carbonyl (C=O) groups is 4. The van der Waals surface area contributed by atoms with E-state index in [2.05, 4.69) is 0 Å². The predicted octanol–water partition coefficient (Wildman–Crippen LogP) is 3.05. The van der Waals surface area contributed by atoms with Crippen molar-refractivity contribution in [1.82, 2.24) is 9.80 Å². The lowest BCUT2D eigenvalue weighted by Crippen LogP contribution is -2.63. The lowest BCUT2D eigenvalue weighted by molar-refractivity contribution is -0.180. The van der Waals surface area contributed by atoms with Crippen molar-refractivity contribution in [2.24, 2.45) is 0 Å². The van der Waals surface area contributed by atoms with Gasteiger partial charge < -0.3 is 4.74 Å². The van der Waals surface area contributed by atoms with E-state index >= 15 is 4.39 Å². The summed E-state index contributed by atoms with van der Waals surface area (Å²) in [6.07, 6.45) is 1.53. The first kappa shape index (κ1) is 21.7. The second-order valence-corrected chi connectivity index (χ2v) is 8.07. The van der Waals surface area contributed by atoms with Gasteiger partial charge in [0.1, 0.15) is 5.54 Å². The topological polar surface area (TPSA) is 84.0 Å². The summed E-state index contributed by atoms with van der Waals surface area (Å²) >= 11 is 0. The molecule has 0 bridgehead atoms. The van der Waals surface area contributed by atoms with Crippen LogP contribution in [0.25, 0.3) is 0 Å². The Morgan fingerprint density at radius 3 is 1.97 bits per heavy atom. The summed E-state index contributed by atoms with van der Waals surface area (Å²) < 4.78 is 21.1. The van der Waals surface area contributed by atoms with Crippen LogP contribution in [0.5, 0.6) is 0 Å². The molecule has 0 saturated heterocycles. The van der Waals surface area contributed by atoms with Gasteiger partial charge in [0, 0.05) is 12.6 Å². The van der Waals surface area contributed by atoms with E-state index in [0.29, 0.717) is 17.7 Å². The third-order valence-corrected chi connectivity index (χ3v) is 6.43. The molecule has 7 nitrogen and oxygen atoms in total. The first-order chi connectivity index (χ1) is 15.3. The van der Waals surface area contributed by atoms with Crippen molar-refractivity contribution in [3.63, 3.8) is 0 Å². The quantitative estimate of drug-likeness (QED) is 0.407. The van der Waals surface area contributed by atoms with Gasteiger partial charge in [-0.25, -0.2) is 9.18 Å². The number of hydrogen-bond acceptors (Lipinski definition) is 5. The molecule has 0 radical (unpaired) electrons. The fourth-order valence-electron chi connectivity index (χ4n) is 4.77. The highest BCUT2D eigenvalue weighted by atomic mass is 19.1. The van der Waals surface area contributed by atoms with Crippen molar-refractivity contribution in [3.8, 4) is 0 Å². The van der Waals surface area contributed by atoms with Crippen molar-refractivity contribution >= 4 is 23.7 Å². The number of carbonyl (C=O) groups excluding carboxylic acids is 4. The van der Waals surface area contributed by atoms with Gasteiger partial charge in [0.05, 0.1) is 18.2 Å². The summed E-state index contributed by atoms with van der Waals surface area (Å²) in [4.78, 5) is 54.5. The van der Waals surface area contributed by atoms with E-state index in [4.69, 9.17) is 4.74 Å². The lowest BCUT2D eigenvalue weighted by atomic mass is 9.91. The molecule has 1 atom stereocenters. The lowest BCUT2D eigenvalue weighted by Gasteiger charge is -2.42. The van der Waals surface area contributed by atoms with E-state index in [0.717, 1.165) is 19.1 Å². The predicted molar refractivity (Wildman–Crippen MR) is 112 cm³/mol. The van der Waals surface area contributed by atoms with E-state index in [1.807, 2.05) is 0 Å². The minimum Gasteiger partial charge on any atom is -0.465 e. The van der Waals surface area contributed by atoms with Gasteiger partial charge in [0.15, 0.2) is 0 Å². The number of esters is 1. The molecule has 2 aromatic rings. The number of hydrogen-bond donors (Lipinski definition) is 0. The second-order valence-electron chi connectivity index (χ2n) is 8.07. The summed E-state index contributed by atoms with van der Waals surface area (Å²) in [5.41, 5.74) is -1.25. The number of methoxy groups -OCH3 is 1. The Kier molecular flexibility index (Phi) is 5.32. The number of alkyl halides is 1. The van der Waals surface area contributed by atoms with Crippen molar-refractivity contribution in [2.45, 2.75) is 37.0 Å². The Balaban J connectivity index is 1.79. The van der Waals surface area contributed by atoms with Crippen LogP contribution in [0.4, 0.5) is 4.39 Å². The van der Waals surface area contributed by atoms with E-state index in [1.165, 1.54) is 24.3 Å². The average molecular weight is 438 g/mol. The van der Waals surface area contributed by atoms with Gasteiger partial charge in [-0.1, -0.05) is 55.3 Å². The van der Waals surface area contributed by atoms with Crippen molar-refractivity contribution in [2.75, 3.05) is 14.2 Å². The molecule has 32 heavy (non-hydrogen) atoms. The molecule has 4 rings (SSSR count). The molecule has 0 aromatic heterocycles. The molecule has 8 heteroatoms. The van der Waals surface area contributed by atoms with Gasteiger partial charge in [0.25, 0.3) is 17.7 Å². The Morgan fingerprint density at radius 1 is 0.969 bits per heavy atom. The van der Waals surface area contributed by atoms with Crippen LogP contribution in [0.15, 0.2) is 54.6 Å². The van der Waals surface area contributed by atoms with Crippen LogP contribution in [-0.4, -0.2) is 53.2 Å². The molecule has 1 aliphatic carbocycles. The minimum atomic E-state index is -2.93. The Morgan fingerprint density at radius 2 is 1.47 bits per heavy atom. The fraction of sp³-hybridized carbons (Fsp3) is 0.333. The van der Waals surface area contributed by atoms with Crippen molar-refractivity contribution < 1.29 is 28.3 Å². The third kappa shape index (κ3) is 2.93. The molecule has 2 aliphatic rings. The Bertz CT molecular complexity index is 1060. The normalized spacial score (nSPS) is 18.8. The molecule has 0 N–H and O–H groups in total. The maximum Gasteiger partial charge on any atom is 0.370 e. The highest BCUT2D eigenvalue weighted by Gasteiger charge is 2.59. The van der Waals surface area contributed by atoms with E-state index < -0.39 is 35.0 Å². The molecular formula is C24H23FN2O5. The molecule has 0 spiro atoms. The third-order valence-electron chi connectivity index (χ3n) is 6.43. The van der Waals surface area contributed by atoms with Crippen LogP contribution in [0.3, 0.4) is 0 Å². The number of benzene rings is 2. The fourth-order valence-corrected chi connectivity index (χ4v) is 4.77. The van der Waals surface area contributed by atoms with Gasteiger partial charge in [-0.15, -0.1) is 0 Å². The van der Waals surface area contributed by atoms with Crippen molar-refractivity contribution in [1.29, 1.82) is 0 Å². The molecular weight excluding hydrogens is 415 g/mol. The first-order valence-electron chi connectivity index (χ1n) is 10.4. The van der Waals surface area contributed by atoms with E-state index in [9.17, 15) is 19.2 Å². The van der Waals surface area contributed by atoms with Gasteiger partial charge in [-0.2, -0.15) is 0 Å². The number of rotatable bonds is 5. The second kappa shape index (κ2) is 7.85. The van der Waals surface area contributed by atoms with Crippen LogP contribution in [0, 0.1) is 0 Å². The van der Waals surface area contributed by atoms with Crippen LogP contribution >= 0.6 is 0 Å². The van der Waals surface area contributed by atoms with Gasteiger partial charge in [-0.05, 0) is 25.0 Å². The zero-order chi connectivity index (χ0) is 23.1. The first-order valence-corrected chi connectivity index (χ1v) is 10.4. The smallest absolute Gasteiger partial charge is 0.370 e. The molecule has 3 amide bonds. The number of fused-ring (bicyclic) bond motifs is 1. The molecule has 1 fully saturated rings. The summed E-state index contributed by atoms with van der Waals surface area (Å²) in [6, 6.07) is 13.8. The Labute approximate surface area is 184 Å². The largest absolute Gasteiger partial charge is 0.465 e. The number of nitrogens with zero attached hydrogens (tertiary/aromatic N) is 2. The zero-order valence-corrected chi connectivity index (χ0v) is 17.8. The molecule has 166 valence electrons. The number of ether oxygens (including phenoxy) is 1. The highest BCUT2D eigenvalue weighted by Crippen LogP contribution is 2.44. The maximum atomic E-state index is 16.4. The molecule has 0 unspecified atom stereocenters. The molecule has 1 heterocycles.